The molecule has 0 radical (unpaired) electrons. The van der Waals surface area contributed by atoms with E-state index in [1.54, 1.807) is 11.5 Å². The number of aromatic nitrogens is 4. The third-order valence-electron chi connectivity index (χ3n) is 3.73. The fourth-order valence-corrected chi connectivity index (χ4v) is 2.53. The predicted molar refractivity (Wildman–Crippen MR) is 67.7 cm³/mol. The molecule has 0 spiro atoms. The van der Waals surface area contributed by atoms with Crippen LogP contribution in [-0.2, 0) is 4.74 Å². The third kappa shape index (κ3) is 1.73. The van der Waals surface area contributed by atoms with E-state index in [0.717, 1.165) is 0 Å². The number of nitrogens with zero attached hydrogens (tertiary/aromatic N) is 4. The van der Waals surface area contributed by atoms with E-state index in [1.165, 1.54) is 19.6 Å². The molecule has 3 heterocycles. The van der Waals surface area contributed by atoms with Gasteiger partial charge in [-0.15, -0.1) is 0 Å². The van der Waals surface area contributed by atoms with Crippen molar-refractivity contribution in [2.75, 3.05) is 6.61 Å². The summed E-state index contributed by atoms with van der Waals surface area (Å²) in [6, 6.07) is 0. The molecule has 0 saturated carbocycles. The predicted octanol–water partition coefficient (Wildman–Crippen LogP) is -0.864. The number of imidazole rings is 1. The maximum Gasteiger partial charge on any atom is 0.168 e. The number of rotatable bonds is 2. The van der Waals surface area contributed by atoms with Crippen molar-refractivity contribution in [2.24, 2.45) is 0 Å². The molecule has 1 saturated heterocycles. The molecule has 0 bridgehead atoms. The van der Waals surface area contributed by atoms with Crippen LogP contribution in [0.5, 0.6) is 0 Å². The zero-order valence-electron chi connectivity index (χ0n) is 11.1. The normalized spacial score (nSPS) is 34.0. The molecule has 3 N–H and O–H groups in total. The first-order valence-electron chi connectivity index (χ1n) is 6.27. The van der Waals surface area contributed by atoms with Crippen LogP contribution in [0.2, 0.25) is 0 Å². The fraction of sp³-hybridized carbons (Fsp3) is 0.583. The molecule has 2 aromatic rings. The van der Waals surface area contributed by atoms with Crippen molar-refractivity contribution in [1.82, 2.24) is 19.5 Å². The van der Waals surface area contributed by atoms with Crippen LogP contribution in [0.1, 0.15) is 18.8 Å². The standard InChI is InChI=1S/C12H16N4O4/c1-6-8-10(14-4-13-6)16(5-15-8)11-12(2,19)9(18)7(3-17)20-11/h4-5,7,9,11,17-19H,3H2,1-2H3/t7-,9-,11-,12-/m1/s1. The number of aliphatic hydroxyl groups excluding tert-OH is 2. The summed E-state index contributed by atoms with van der Waals surface area (Å²) in [4.78, 5) is 12.4. The van der Waals surface area contributed by atoms with Crippen molar-refractivity contribution in [3.63, 3.8) is 0 Å². The van der Waals surface area contributed by atoms with Crippen LogP contribution in [0.25, 0.3) is 11.2 Å². The van der Waals surface area contributed by atoms with E-state index in [1.807, 2.05) is 0 Å². The van der Waals surface area contributed by atoms with E-state index in [9.17, 15) is 15.3 Å². The largest absolute Gasteiger partial charge is 0.394 e. The summed E-state index contributed by atoms with van der Waals surface area (Å²) in [5, 5.41) is 29.7. The van der Waals surface area contributed by atoms with Crippen molar-refractivity contribution in [3.05, 3.63) is 18.3 Å². The third-order valence-corrected chi connectivity index (χ3v) is 3.73. The van der Waals surface area contributed by atoms with Crippen LogP contribution in [0.15, 0.2) is 12.7 Å². The van der Waals surface area contributed by atoms with Gasteiger partial charge in [0.15, 0.2) is 11.9 Å². The van der Waals surface area contributed by atoms with Gasteiger partial charge in [0.2, 0.25) is 0 Å². The van der Waals surface area contributed by atoms with E-state index in [0.29, 0.717) is 16.9 Å². The molecule has 0 aromatic carbocycles. The number of aryl methyl sites for hydroxylation is 1. The highest BCUT2D eigenvalue weighted by atomic mass is 16.6. The summed E-state index contributed by atoms with van der Waals surface area (Å²) >= 11 is 0. The lowest BCUT2D eigenvalue weighted by Crippen LogP contribution is -2.44. The van der Waals surface area contributed by atoms with Crippen LogP contribution < -0.4 is 0 Å². The molecule has 8 nitrogen and oxygen atoms in total. The maximum atomic E-state index is 10.4. The van der Waals surface area contributed by atoms with Gasteiger partial charge in [-0.1, -0.05) is 0 Å². The fourth-order valence-electron chi connectivity index (χ4n) is 2.53. The molecule has 1 aliphatic heterocycles. The van der Waals surface area contributed by atoms with Gasteiger partial charge in [-0.2, -0.15) is 0 Å². The number of fused-ring (bicyclic) bond motifs is 1. The van der Waals surface area contributed by atoms with Crippen molar-refractivity contribution in [1.29, 1.82) is 0 Å². The van der Waals surface area contributed by atoms with Gasteiger partial charge in [0.1, 0.15) is 29.7 Å². The molecular weight excluding hydrogens is 264 g/mol. The van der Waals surface area contributed by atoms with Gasteiger partial charge < -0.3 is 20.1 Å². The summed E-state index contributed by atoms with van der Waals surface area (Å²) in [6.07, 6.45) is -0.0422. The van der Waals surface area contributed by atoms with E-state index in [-0.39, 0.29) is 6.61 Å². The van der Waals surface area contributed by atoms with E-state index < -0.39 is 24.0 Å². The van der Waals surface area contributed by atoms with Gasteiger partial charge in [0.05, 0.1) is 18.6 Å². The Morgan fingerprint density at radius 3 is 2.80 bits per heavy atom. The Hall–Kier alpha value is -1.61. The van der Waals surface area contributed by atoms with Crippen LogP contribution in [0.3, 0.4) is 0 Å². The minimum absolute atomic E-state index is 0.380. The molecule has 0 unspecified atom stereocenters. The Morgan fingerprint density at radius 2 is 2.15 bits per heavy atom. The van der Waals surface area contributed by atoms with Gasteiger partial charge in [-0.25, -0.2) is 15.0 Å². The average molecular weight is 280 g/mol. The molecular formula is C12H16N4O4. The molecule has 1 aliphatic rings. The first kappa shape index (κ1) is 13.4. The molecule has 2 aromatic heterocycles. The molecule has 0 aliphatic carbocycles. The minimum atomic E-state index is -1.56. The van der Waals surface area contributed by atoms with Crippen LogP contribution in [0.4, 0.5) is 0 Å². The second-order valence-electron chi connectivity index (χ2n) is 5.16. The minimum Gasteiger partial charge on any atom is -0.394 e. The lowest BCUT2D eigenvalue weighted by Gasteiger charge is -2.27. The number of hydrogen-bond acceptors (Lipinski definition) is 7. The SMILES string of the molecule is Cc1ncnc2c1ncn2[C@@H]1O[C@H](CO)[C@@H](O)[C@@]1(C)O. The summed E-state index contributed by atoms with van der Waals surface area (Å²) < 4.78 is 7.09. The zero-order chi connectivity index (χ0) is 14.5. The van der Waals surface area contributed by atoms with E-state index in [4.69, 9.17) is 4.74 Å². The smallest absolute Gasteiger partial charge is 0.168 e. The summed E-state index contributed by atoms with van der Waals surface area (Å²) in [5.41, 5.74) is 0.271. The van der Waals surface area contributed by atoms with Gasteiger partial charge in [0.25, 0.3) is 0 Å². The highest BCUT2D eigenvalue weighted by Crippen LogP contribution is 2.39. The molecule has 20 heavy (non-hydrogen) atoms. The van der Waals surface area contributed by atoms with Gasteiger partial charge >= 0.3 is 0 Å². The molecule has 8 heteroatoms. The van der Waals surface area contributed by atoms with Crippen molar-refractivity contribution in [3.8, 4) is 0 Å². The highest BCUT2D eigenvalue weighted by Gasteiger charge is 2.53. The summed E-state index contributed by atoms with van der Waals surface area (Å²) in [7, 11) is 0. The van der Waals surface area contributed by atoms with Crippen LogP contribution in [0, 0.1) is 6.92 Å². The van der Waals surface area contributed by atoms with Crippen molar-refractivity contribution >= 4 is 11.2 Å². The Morgan fingerprint density at radius 1 is 1.40 bits per heavy atom. The molecule has 4 atom stereocenters. The van der Waals surface area contributed by atoms with E-state index >= 15 is 0 Å². The lowest BCUT2D eigenvalue weighted by molar-refractivity contribution is -0.0950. The van der Waals surface area contributed by atoms with Crippen LogP contribution >= 0.6 is 0 Å². The van der Waals surface area contributed by atoms with E-state index in [2.05, 4.69) is 15.0 Å². The summed E-state index contributed by atoms with van der Waals surface area (Å²) in [6.45, 7) is 2.88. The lowest BCUT2D eigenvalue weighted by atomic mass is 9.96. The second kappa shape index (κ2) is 4.45. The molecule has 3 rings (SSSR count). The topological polar surface area (TPSA) is 114 Å². The molecule has 0 amide bonds. The maximum absolute atomic E-state index is 10.4. The van der Waals surface area contributed by atoms with Crippen molar-refractivity contribution < 1.29 is 20.1 Å². The molecule has 1 fully saturated rings. The Bertz CT molecular complexity index is 641. The van der Waals surface area contributed by atoms with Gasteiger partial charge in [-0.3, -0.25) is 4.57 Å². The second-order valence-corrected chi connectivity index (χ2v) is 5.16. The number of hydrogen-bond donors (Lipinski definition) is 3. The molecule has 108 valence electrons. The quantitative estimate of drug-likeness (QED) is 0.655. The monoisotopic (exact) mass is 280 g/mol. The van der Waals surface area contributed by atoms with Crippen molar-refractivity contribution in [2.45, 2.75) is 37.9 Å². The Kier molecular flexibility index (Phi) is 2.98. The Labute approximate surface area is 114 Å². The number of ether oxygens (including phenoxy) is 1. The number of aliphatic hydroxyl groups is 3. The Balaban J connectivity index is 2.10. The average Bonchev–Trinajstić information content (AvgIpc) is 2.92. The van der Waals surface area contributed by atoms with Crippen LogP contribution in [-0.4, -0.2) is 59.3 Å². The summed E-state index contributed by atoms with van der Waals surface area (Å²) in [5.74, 6) is 0. The van der Waals surface area contributed by atoms with Gasteiger partial charge in [0, 0.05) is 0 Å². The first-order chi connectivity index (χ1) is 9.46. The highest BCUT2D eigenvalue weighted by molar-refractivity contribution is 5.72. The first-order valence-corrected chi connectivity index (χ1v) is 6.27. The van der Waals surface area contributed by atoms with Gasteiger partial charge in [-0.05, 0) is 13.8 Å². The zero-order valence-corrected chi connectivity index (χ0v) is 11.1.